The van der Waals surface area contributed by atoms with E-state index < -0.39 is 6.04 Å². The Morgan fingerprint density at radius 1 is 0.963 bits per heavy atom. The summed E-state index contributed by atoms with van der Waals surface area (Å²) in [7, 11) is 2.16. The summed E-state index contributed by atoms with van der Waals surface area (Å²) in [6.45, 7) is 2.07. The first kappa shape index (κ1) is 15.3. The quantitative estimate of drug-likeness (QED) is 0.786. The Bertz CT molecular complexity index is 1060. The summed E-state index contributed by atoms with van der Waals surface area (Å²) in [5.74, 6) is 0.191. The molecule has 3 atom stereocenters. The molecule has 3 heterocycles. The van der Waals surface area contributed by atoms with E-state index in [0.717, 1.165) is 24.2 Å². The average molecular weight is 361 g/mol. The zero-order valence-electron chi connectivity index (χ0n) is 15.0. The Kier molecular flexibility index (Phi) is 2.81. The molecule has 2 saturated heterocycles. The number of nitrogens with one attached hydrogen (secondary N) is 1. The summed E-state index contributed by atoms with van der Waals surface area (Å²) < 4.78 is 0. The third-order valence-electron chi connectivity index (χ3n) is 6.74. The molecule has 6 nitrogen and oxygen atoms in total. The lowest BCUT2D eigenvalue weighted by molar-refractivity contribution is -0.134. The third-order valence-corrected chi connectivity index (χ3v) is 6.74. The Hall–Kier alpha value is -2.73. The highest BCUT2D eigenvalue weighted by atomic mass is 16.2. The molecule has 6 rings (SSSR count). The van der Waals surface area contributed by atoms with Crippen LogP contribution in [-0.4, -0.2) is 48.8 Å². The zero-order valence-corrected chi connectivity index (χ0v) is 15.0. The van der Waals surface area contributed by atoms with Gasteiger partial charge < -0.3 is 4.90 Å². The van der Waals surface area contributed by atoms with Gasteiger partial charge in [-0.1, -0.05) is 12.1 Å². The number of anilines is 1. The summed E-state index contributed by atoms with van der Waals surface area (Å²) in [6, 6.07) is 7.57. The topological polar surface area (TPSA) is 69.7 Å². The van der Waals surface area contributed by atoms with Crippen molar-refractivity contribution in [2.24, 2.45) is 0 Å². The Morgan fingerprint density at radius 2 is 1.67 bits per heavy atom. The molecule has 3 unspecified atom stereocenters. The molecule has 0 radical (unpaired) electrons. The van der Waals surface area contributed by atoms with Crippen molar-refractivity contribution in [3.8, 4) is 0 Å². The van der Waals surface area contributed by atoms with Crippen LogP contribution in [-0.2, 0) is 9.59 Å². The normalized spacial score (nSPS) is 29.0. The molecular weight excluding hydrogens is 342 g/mol. The van der Waals surface area contributed by atoms with Crippen molar-refractivity contribution in [1.29, 1.82) is 0 Å². The maximum atomic E-state index is 13.2. The van der Waals surface area contributed by atoms with Gasteiger partial charge in [0.1, 0.15) is 6.04 Å². The van der Waals surface area contributed by atoms with Crippen molar-refractivity contribution in [3.05, 3.63) is 41.0 Å². The van der Waals surface area contributed by atoms with Gasteiger partial charge in [-0.05, 0) is 42.1 Å². The van der Waals surface area contributed by atoms with E-state index in [4.69, 9.17) is 0 Å². The fraction of sp³-hybridized carbons (Fsp3) is 0.381. The number of carbonyl (C=O) groups is 3. The molecule has 6 heteroatoms. The number of piperidine rings is 1. The number of imide groups is 1. The van der Waals surface area contributed by atoms with Crippen LogP contribution in [0, 0.1) is 0 Å². The van der Waals surface area contributed by atoms with E-state index in [0.29, 0.717) is 23.8 Å². The fourth-order valence-corrected chi connectivity index (χ4v) is 5.64. The van der Waals surface area contributed by atoms with E-state index in [1.165, 1.54) is 16.5 Å². The van der Waals surface area contributed by atoms with Gasteiger partial charge in [-0.2, -0.15) is 0 Å². The van der Waals surface area contributed by atoms with Crippen LogP contribution in [0.3, 0.4) is 0 Å². The molecule has 4 aliphatic rings. The van der Waals surface area contributed by atoms with Gasteiger partial charge in [-0.25, -0.2) is 0 Å². The second-order valence-electron chi connectivity index (χ2n) is 8.20. The Morgan fingerprint density at radius 3 is 2.37 bits per heavy atom. The molecule has 1 aliphatic carbocycles. The predicted octanol–water partition coefficient (Wildman–Crippen LogP) is 1.73. The van der Waals surface area contributed by atoms with Crippen molar-refractivity contribution in [2.45, 2.75) is 30.7 Å². The largest absolute Gasteiger partial charge is 0.305 e. The molecule has 2 fully saturated rings. The highest BCUT2D eigenvalue weighted by Crippen LogP contribution is 2.54. The van der Waals surface area contributed by atoms with Gasteiger partial charge in [-0.15, -0.1) is 0 Å². The number of fused-ring (bicyclic) bond motifs is 3. The van der Waals surface area contributed by atoms with E-state index in [1.54, 1.807) is 4.90 Å². The predicted molar refractivity (Wildman–Crippen MR) is 99.9 cm³/mol. The number of likely N-dealkylation sites (tertiary alicyclic amines) is 1. The van der Waals surface area contributed by atoms with E-state index in [-0.39, 0.29) is 24.1 Å². The number of rotatable bonds is 1. The lowest BCUT2D eigenvalue weighted by atomic mass is 9.93. The van der Waals surface area contributed by atoms with Crippen LogP contribution in [0.5, 0.6) is 0 Å². The van der Waals surface area contributed by atoms with Crippen molar-refractivity contribution < 1.29 is 14.4 Å². The molecular formula is C21H19N3O3. The van der Waals surface area contributed by atoms with Crippen LogP contribution in [0.1, 0.15) is 46.2 Å². The minimum Gasteiger partial charge on any atom is -0.305 e. The second kappa shape index (κ2) is 4.95. The van der Waals surface area contributed by atoms with E-state index in [2.05, 4.69) is 29.4 Å². The summed E-state index contributed by atoms with van der Waals surface area (Å²) in [5.41, 5.74) is 4.16. The highest BCUT2D eigenvalue weighted by Gasteiger charge is 2.45. The molecule has 0 bridgehead atoms. The van der Waals surface area contributed by atoms with Gasteiger partial charge in [0.15, 0.2) is 0 Å². The Balaban J connectivity index is 1.54. The molecule has 2 aromatic carbocycles. The first-order valence-electron chi connectivity index (χ1n) is 9.50. The Labute approximate surface area is 156 Å². The highest BCUT2D eigenvalue weighted by molar-refractivity contribution is 6.28. The lowest BCUT2D eigenvalue weighted by Gasteiger charge is -2.30. The van der Waals surface area contributed by atoms with Crippen LogP contribution in [0.15, 0.2) is 24.3 Å². The standard InChI is InChI=1S/C21H19N3O3/c1-23-8-13-10-2-3-12-19-15(5-4-11(18(10)19)14(13)9-23)24(21(12)27)16-6-7-17(25)22-20(16)26/h2-5,13-14,16H,6-9H2,1H3,(H,22,25,26). The van der Waals surface area contributed by atoms with Crippen LogP contribution in [0.25, 0.3) is 10.8 Å². The van der Waals surface area contributed by atoms with Gasteiger partial charge >= 0.3 is 0 Å². The van der Waals surface area contributed by atoms with Crippen LogP contribution < -0.4 is 10.2 Å². The number of amides is 3. The monoisotopic (exact) mass is 361 g/mol. The van der Waals surface area contributed by atoms with E-state index in [9.17, 15) is 14.4 Å². The molecule has 0 aromatic heterocycles. The van der Waals surface area contributed by atoms with Crippen LogP contribution >= 0.6 is 0 Å². The summed E-state index contributed by atoms with van der Waals surface area (Å²) >= 11 is 0. The van der Waals surface area contributed by atoms with Gasteiger partial charge in [0, 0.05) is 42.3 Å². The second-order valence-corrected chi connectivity index (χ2v) is 8.20. The van der Waals surface area contributed by atoms with Crippen molar-refractivity contribution in [3.63, 3.8) is 0 Å². The van der Waals surface area contributed by atoms with E-state index >= 15 is 0 Å². The molecule has 136 valence electrons. The first-order valence-corrected chi connectivity index (χ1v) is 9.50. The van der Waals surface area contributed by atoms with E-state index in [1.807, 2.05) is 12.1 Å². The minimum atomic E-state index is -0.619. The molecule has 0 spiro atoms. The number of hydrogen-bond acceptors (Lipinski definition) is 4. The fourth-order valence-electron chi connectivity index (χ4n) is 5.64. The molecule has 0 saturated carbocycles. The maximum Gasteiger partial charge on any atom is 0.259 e. The molecule has 3 amide bonds. The van der Waals surface area contributed by atoms with Gasteiger partial charge in [0.05, 0.1) is 5.69 Å². The van der Waals surface area contributed by atoms with Crippen LogP contribution in [0.2, 0.25) is 0 Å². The lowest BCUT2D eigenvalue weighted by Crippen LogP contribution is -2.53. The van der Waals surface area contributed by atoms with Crippen molar-refractivity contribution in [2.75, 3.05) is 25.0 Å². The average Bonchev–Trinajstić information content (AvgIpc) is 3.24. The summed E-state index contributed by atoms with van der Waals surface area (Å²) in [6.07, 6.45) is 0.635. The summed E-state index contributed by atoms with van der Waals surface area (Å²) in [5, 5.41) is 4.60. The molecule has 27 heavy (non-hydrogen) atoms. The number of carbonyl (C=O) groups excluding carboxylic acids is 3. The summed E-state index contributed by atoms with van der Waals surface area (Å²) in [4.78, 5) is 41.1. The van der Waals surface area contributed by atoms with Gasteiger partial charge in [0.2, 0.25) is 11.8 Å². The number of hydrogen-bond donors (Lipinski definition) is 1. The zero-order chi connectivity index (χ0) is 18.4. The molecule has 1 N–H and O–H groups in total. The van der Waals surface area contributed by atoms with Gasteiger partial charge in [0.25, 0.3) is 5.91 Å². The molecule has 3 aliphatic heterocycles. The smallest absolute Gasteiger partial charge is 0.259 e. The first-order chi connectivity index (χ1) is 13.0. The number of nitrogens with zero attached hydrogens (tertiary/aromatic N) is 2. The number of likely N-dealkylation sites (N-methyl/N-ethyl adjacent to an activating group) is 1. The third kappa shape index (κ3) is 1.81. The minimum absolute atomic E-state index is 0.127. The number of benzene rings is 2. The van der Waals surface area contributed by atoms with Crippen molar-refractivity contribution >= 4 is 34.2 Å². The molecule has 2 aromatic rings. The SMILES string of the molecule is CN1CC2c3ccc4c5c(ccc(c35)C2C1)N(C1CCC(=O)NC1=O)C4=O. The maximum absolute atomic E-state index is 13.2. The van der Waals surface area contributed by atoms with Crippen molar-refractivity contribution in [1.82, 2.24) is 10.2 Å². The van der Waals surface area contributed by atoms with Crippen LogP contribution in [0.4, 0.5) is 5.69 Å². The van der Waals surface area contributed by atoms with Gasteiger partial charge in [-0.3, -0.25) is 24.6 Å².